The summed E-state index contributed by atoms with van der Waals surface area (Å²) < 4.78 is 1.64. The van der Waals surface area contributed by atoms with Crippen molar-refractivity contribution in [2.75, 3.05) is 22.9 Å². The molecule has 2 bridgehead atoms. The van der Waals surface area contributed by atoms with Gasteiger partial charge in [-0.1, -0.05) is 17.7 Å². The number of hydrogen-bond donors (Lipinski definition) is 0. The molecular formula is C21H22N6O. The summed E-state index contributed by atoms with van der Waals surface area (Å²) in [6.07, 6.45) is 4.23. The Kier molecular flexibility index (Phi) is 3.89. The highest BCUT2D eigenvalue weighted by atomic mass is 16.1. The van der Waals surface area contributed by atoms with E-state index in [1.165, 1.54) is 17.6 Å². The van der Waals surface area contributed by atoms with Crippen molar-refractivity contribution in [1.29, 1.82) is 0 Å². The van der Waals surface area contributed by atoms with Crippen molar-refractivity contribution in [3.8, 4) is 11.4 Å². The van der Waals surface area contributed by atoms with Gasteiger partial charge >= 0.3 is 0 Å². The Morgan fingerprint density at radius 3 is 2.43 bits per heavy atom. The number of benzene rings is 1. The lowest BCUT2D eigenvalue weighted by atomic mass is 10.2. The number of nitrogens with zero attached hydrogens (tertiary/aromatic N) is 6. The third-order valence-electron chi connectivity index (χ3n) is 5.82. The first-order chi connectivity index (χ1) is 13.6. The van der Waals surface area contributed by atoms with Crippen LogP contribution >= 0.6 is 0 Å². The molecule has 1 unspecified atom stereocenters. The van der Waals surface area contributed by atoms with E-state index in [1.54, 1.807) is 29.9 Å². The van der Waals surface area contributed by atoms with Gasteiger partial charge in [-0.15, -0.1) is 0 Å². The predicted octanol–water partition coefficient (Wildman–Crippen LogP) is 2.01. The maximum Gasteiger partial charge on any atom is 0.255 e. The first-order valence-electron chi connectivity index (χ1n) is 9.54. The lowest BCUT2D eigenvalue weighted by Gasteiger charge is -2.36. The second-order valence-corrected chi connectivity index (χ2v) is 7.62. The third-order valence-corrected chi connectivity index (χ3v) is 5.82. The van der Waals surface area contributed by atoms with E-state index in [0.717, 1.165) is 25.5 Å². The highest BCUT2D eigenvalue weighted by Crippen LogP contribution is 2.36. The molecule has 0 aliphatic carbocycles. The molecule has 4 heterocycles. The quantitative estimate of drug-likeness (QED) is 0.699. The monoisotopic (exact) mass is 374 g/mol. The first kappa shape index (κ1) is 16.9. The summed E-state index contributed by atoms with van der Waals surface area (Å²) in [5.74, 6) is 0.720. The zero-order valence-electron chi connectivity index (χ0n) is 16.0. The molecule has 2 atom stereocenters. The minimum absolute atomic E-state index is 0.0724. The zero-order valence-corrected chi connectivity index (χ0v) is 16.0. The Bertz CT molecular complexity index is 1060. The van der Waals surface area contributed by atoms with Crippen LogP contribution in [0, 0.1) is 6.92 Å². The van der Waals surface area contributed by atoms with Crippen LogP contribution in [0.1, 0.15) is 12.0 Å². The SMILES string of the molecule is Cc1ccc(N2C[C@@H]3CC2CN3c2nc(-c3ccncn3)cc(=O)n2C)cc1. The van der Waals surface area contributed by atoms with E-state index >= 15 is 0 Å². The summed E-state index contributed by atoms with van der Waals surface area (Å²) in [6, 6.07) is 12.8. The first-order valence-corrected chi connectivity index (χ1v) is 9.54. The van der Waals surface area contributed by atoms with Gasteiger partial charge in [-0.3, -0.25) is 9.36 Å². The number of rotatable bonds is 3. The molecule has 28 heavy (non-hydrogen) atoms. The highest BCUT2D eigenvalue weighted by molar-refractivity contribution is 5.58. The van der Waals surface area contributed by atoms with Crippen molar-refractivity contribution >= 4 is 11.6 Å². The topological polar surface area (TPSA) is 67.2 Å². The van der Waals surface area contributed by atoms with Gasteiger partial charge < -0.3 is 9.80 Å². The van der Waals surface area contributed by atoms with Crippen molar-refractivity contribution in [3.63, 3.8) is 0 Å². The van der Waals surface area contributed by atoms with Crippen LogP contribution in [-0.2, 0) is 7.05 Å². The van der Waals surface area contributed by atoms with Crippen LogP contribution in [0.3, 0.4) is 0 Å². The molecule has 0 saturated carbocycles. The van der Waals surface area contributed by atoms with Gasteiger partial charge in [-0.05, 0) is 31.5 Å². The van der Waals surface area contributed by atoms with Crippen molar-refractivity contribution < 1.29 is 0 Å². The molecule has 7 nitrogen and oxygen atoms in total. The third kappa shape index (κ3) is 2.74. The minimum Gasteiger partial charge on any atom is -0.365 e. The molecule has 2 saturated heterocycles. The fourth-order valence-electron chi connectivity index (χ4n) is 4.32. The van der Waals surface area contributed by atoms with E-state index in [0.29, 0.717) is 23.5 Å². The Hall–Kier alpha value is -3.22. The fourth-order valence-corrected chi connectivity index (χ4v) is 4.32. The standard InChI is InChI=1S/C21H22N6O/c1-14-3-5-15(6-4-14)26-11-17-9-16(26)12-27(17)21-24-19(10-20(28)25(21)2)18-7-8-22-13-23-18/h3-8,10,13,16-17H,9,11-12H2,1-2H3/t16?,17-/m0/s1. The van der Waals surface area contributed by atoms with E-state index in [4.69, 9.17) is 4.98 Å². The number of fused-ring (bicyclic) bond motifs is 2. The van der Waals surface area contributed by atoms with Gasteiger partial charge in [0.2, 0.25) is 5.95 Å². The molecule has 7 heteroatoms. The lowest BCUT2D eigenvalue weighted by Crippen LogP contribution is -2.48. The van der Waals surface area contributed by atoms with Gasteiger partial charge in [0.15, 0.2) is 0 Å². The molecule has 3 aromatic rings. The Labute approximate surface area is 163 Å². The minimum atomic E-state index is -0.0724. The molecule has 142 valence electrons. The van der Waals surface area contributed by atoms with Gasteiger partial charge in [-0.25, -0.2) is 15.0 Å². The van der Waals surface area contributed by atoms with Crippen LogP contribution in [0.15, 0.2) is 53.7 Å². The molecule has 2 aliphatic rings. The fraction of sp³-hybridized carbons (Fsp3) is 0.333. The maximum absolute atomic E-state index is 12.6. The molecule has 0 spiro atoms. The normalized spacial score (nSPS) is 20.8. The molecule has 2 aromatic heterocycles. The summed E-state index contributed by atoms with van der Waals surface area (Å²) in [4.78, 5) is 30.3. The molecule has 1 aromatic carbocycles. The number of anilines is 2. The van der Waals surface area contributed by atoms with Gasteiger partial charge in [0.25, 0.3) is 5.56 Å². The van der Waals surface area contributed by atoms with Gasteiger partial charge in [0, 0.05) is 44.1 Å². The second-order valence-electron chi connectivity index (χ2n) is 7.62. The average Bonchev–Trinajstić information content (AvgIpc) is 3.32. The Morgan fingerprint density at radius 2 is 1.75 bits per heavy atom. The van der Waals surface area contributed by atoms with Crippen molar-refractivity contribution in [2.24, 2.45) is 7.05 Å². The number of hydrogen-bond acceptors (Lipinski definition) is 6. The van der Waals surface area contributed by atoms with Gasteiger partial charge in [-0.2, -0.15) is 0 Å². The summed E-state index contributed by atoms with van der Waals surface area (Å²) in [5.41, 5.74) is 3.74. The molecule has 2 aliphatic heterocycles. The van der Waals surface area contributed by atoms with Crippen molar-refractivity contribution in [1.82, 2.24) is 19.5 Å². The van der Waals surface area contributed by atoms with E-state index in [2.05, 4.69) is 51.0 Å². The highest BCUT2D eigenvalue weighted by Gasteiger charge is 2.44. The lowest BCUT2D eigenvalue weighted by molar-refractivity contribution is 0.614. The number of piperazine rings is 1. The average molecular weight is 374 g/mol. The van der Waals surface area contributed by atoms with Crippen LogP contribution in [0.5, 0.6) is 0 Å². The van der Waals surface area contributed by atoms with Crippen LogP contribution in [0.4, 0.5) is 11.6 Å². The van der Waals surface area contributed by atoms with E-state index < -0.39 is 0 Å². The molecule has 0 radical (unpaired) electrons. The molecule has 5 rings (SSSR count). The molecule has 2 fully saturated rings. The van der Waals surface area contributed by atoms with Crippen molar-refractivity contribution in [2.45, 2.75) is 25.4 Å². The van der Waals surface area contributed by atoms with Gasteiger partial charge in [0.1, 0.15) is 6.33 Å². The zero-order chi connectivity index (χ0) is 19.3. The van der Waals surface area contributed by atoms with E-state index in [-0.39, 0.29) is 5.56 Å². The molecular weight excluding hydrogens is 352 g/mol. The van der Waals surface area contributed by atoms with E-state index in [9.17, 15) is 4.79 Å². The Morgan fingerprint density at radius 1 is 1.00 bits per heavy atom. The molecule has 0 amide bonds. The maximum atomic E-state index is 12.6. The number of aromatic nitrogens is 4. The summed E-state index contributed by atoms with van der Waals surface area (Å²) in [6.45, 7) is 3.92. The van der Waals surface area contributed by atoms with Crippen LogP contribution < -0.4 is 15.4 Å². The van der Waals surface area contributed by atoms with Crippen molar-refractivity contribution in [3.05, 3.63) is 64.8 Å². The summed E-state index contributed by atoms with van der Waals surface area (Å²) in [7, 11) is 1.79. The van der Waals surface area contributed by atoms with Crippen LogP contribution in [0.2, 0.25) is 0 Å². The van der Waals surface area contributed by atoms with E-state index in [1.807, 2.05) is 0 Å². The second kappa shape index (κ2) is 6.44. The largest absolute Gasteiger partial charge is 0.365 e. The molecule has 0 N–H and O–H groups in total. The van der Waals surface area contributed by atoms with Crippen LogP contribution in [0.25, 0.3) is 11.4 Å². The predicted molar refractivity (Wildman–Crippen MR) is 109 cm³/mol. The smallest absolute Gasteiger partial charge is 0.255 e. The Balaban J connectivity index is 1.45. The summed E-state index contributed by atoms with van der Waals surface area (Å²) in [5, 5.41) is 0. The number of aryl methyl sites for hydroxylation is 1. The summed E-state index contributed by atoms with van der Waals surface area (Å²) >= 11 is 0. The van der Waals surface area contributed by atoms with Gasteiger partial charge in [0.05, 0.1) is 17.4 Å². The van der Waals surface area contributed by atoms with Crippen LogP contribution in [-0.4, -0.2) is 44.7 Å².